The van der Waals surface area contributed by atoms with Gasteiger partial charge in [-0.25, -0.2) is 4.79 Å². The summed E-state index contributed by atoms with van der Waals surface area (Å²) in [5.74, 6) is -5.68. The fourth-order valence-corrected chi connectivity index (χ4v) is 1.16. The summed E-state index contributed by atoms with van der Waals surface area (Å²) < 4.78 is 4.20. The lowest BCUT2D eigenvalue weighted by Crippen LogP contribution is -2.44. The maximum Gasteiger partial charge on any atom is 0.346 e. The Morgan fingerprint density at radius 2 is 1.50 bits per heavy atom. The van der Waals surface area contributed by atoms with Gasteiger partial charge in [0.15, 0.2) is 5.60 Å². The number of rotatable bonds is 7. The topological polar surface area (TPSA) is 138 Å². The highest BCUT2D eigenvalue weighted by atomic mass is 16.6. The molecule has 3 N–H and O–H groups in total. The van der Waals surface area contributed by atoms with Crippen LogP contribution in [0.5, 0.6) is 0 Å². The highest BCUT2D eigenvalue weighted by Crippen LogP contribution is 2.18. The SMILES string of the molecule is CCCC(=O)OC(=O)C(O)(CC(=O)O)CC(=O)O. The Morgan fingerprint density at radius 3 is 1.83 bits per heavy atom. The van der Waals surface area contributed by atoms with Gasteiger partial charge in [0.25, 0.3) is 0 Å². The van der Waals surface area contributed by atoms with Gasteiger partial charge in [-0.1, -0.05) is 6.92 Å². The van der Waals surface area contributed by atoms with E-state index in [0.29, 0.717) is 6.42 Å². The van der Waals surface area contributed by atoms with Crippen LogP contribution in [0, 0.1) is 0 Å². The molecular formula is C10H14O8. The Bertz CT molecular complexity index is 343. The van der Waals surface area contributed by atoms with Crippen LogP contribution in [0.1, 0.15) is 32.6 Å². The van der Waals surface area contributed by atoms with Gasteiger partial charge in [-0.05, 0) is 6.42 Å². The number of aliphatic hydroxyl groups is 1. The molecule has 0 aromatic carbocycles. The van der Waals surface area contributed by atoms with E-state index in [1.807, 2.05) is 0 Å². The molecule has 18 heavy (non-hydrogen) atoms. The summed E-state index contributed by atoms with van der Waals surface area (Å²) in [7, 11) is 0. The maximum absolute atomic E-state index is 11.4. The summed E-state index contributed by atoms with van der Waals surface area (Å²) in [6.07, 6.45) is -2.01. The van der Waals surface area contributed by atoms with E-state index in [1.165, 1.54) is 0 Å². The number of carbonyl (C=O) groups excluding carboxylic acids is 2. The second-order valence-corrected chi connectivity index (χ2v) is 3.68. The summed E-state index contributed by atoms with van der Waals surface area (Å²) in [5, 5.41) is 26.7. The molecule has 0 aliphatic carbocycles. The van der Waals surface area contributed by atoms with E-state index in [2.05, 4.69) is 4.74 Å². The number of hydrogen-bond donors (Lipinski definition) is 3. The number of hydrogen-bond acceptors (Lipinski definition) is 6. The summed E-state index contributed by atoms with van der Waals surface area (Å²) >= 11 is 0. The molecule has 0 aromatic heterocycles. The third-order valence-corrected chi connectivity index (χ3v) is 1.93. The van der Waals surface area contributed by atoms with Crippen LogP contribution in [0.4, 0.5) is 0 Å². The first-order chi connectivity index (χ1) is 8.21. The molecule has 0 saturated heterocycles. The molecule has 102 valence electrons. The minimum absolute atomic E-state index is 0.0953. The predicted octanol–water partition coefficient (Wildman–Crippen LogP) is -0.463. The van der Waals surface area contributed by atoms with Crippen molar-refractivity contribution < 1.29 is 39.2 Å². The Morgan fingerprint density at radius 1 is 1.06 bits per heavy atom. The van der Waals surface area contributed by atoms with Gasteiger partial charge in [-0.3, -0.25) is 14.4 Å². The number of carbonyl (C=O) groups is 4. The summed E-state index contributed by atoms with van der Waals surface area (Å²) in [5.41, 5.74) is -2.75. The molecular weight excluding hydrogens is 248 g/mol. The molecule has 0 aliphatic heterocycles. The lowest BCUT2D eigenvalue weighted by Gasteiger charge is -2.21. The fraction of sp³-hybridized carbons (Fsp3) is 0.600. The van der Waals surface area contributed by atoms with Crippen LogP contribution in [0.3, 0.4) is 0 Å². The Kier molecular flexibility index (Phi) is 5.97. The average Bonchev–Trinajstić information content (AvgIpc) is 2.14. The zero-order valence-corrected chi connectivity index (χ0v) is 9.71. The standard InChI is InChI=1S/C10H14O8/c1-2-3-8(15)18-9(16)10(17,4-6(11)12)5-7(13)14/h17H,2-5H2,1H3,(H,11,12)(H,13,14). The van der Waals surface area contributed by atoms with Gasteiger partial charge in [0.05, 0.1) is 12.8 Å². The van der Waals surface area contributed by atoms with E-state index in [-0.39, 0.29) is 6.42 Å². The molecule has 8 nitrogen and oxygen atoms in total. The summed E-state index contributed by atoms with van der Waals surface area (Å²) in [4.78, 5) is 43.4. The molecule has 0 atom stereocenters. The van der Waals surface area contributed by atoms with Crippen molar-refractivity contribution in [3.05, 3.63) is 0 Å². The van der Waals surface area contributed by atoms with Crippen LogP contribution >= 0.6 is 0 Å². The van der Waals surface area contributed by atoms with Crippen LogP contribution in [0.25, 0.3) is 0 Å². The van der Waals surface area contributed by atoms with Gasteiger partial charge < -0.3 is 20.1 Å². The largest absolute Gasteiger partial charge is 0.481 e. The minimum Gasteiger partial charge on any atom is -0.481 e. The predicted molar refractivity (Wildman–Crippen MR) is 55.5 cm³/mol. The third kappa shape index (κ3) is 5.39. The average molecular weight is 262 g/mol. The Labute approximate surface area is 102 Å². The van der Waals surface area contributed by atoms with Gasteiger partial charge in [-0.2, -0.15) is 0 Å². The molecule has 0 spiro atoms. The molecule has 0 bridgehead atoms. The molecule has 0 radical (unpaired) electrons. The summed E-state index contributed by atoms with van der Waals surface area (Å²) in [6.45, 7) is 1.65. The highest BCUT2D eigenvalue weighted by Gasteiger charge is 2.43. The van der Waals surface area contributed by atoms with Crippen molar-refractivity contribution in [2.24, 2.45) is 0 Å². The molecule has 0 rings (SSSR count). The quantitative estimate of drug-likeness (QED) is 0.413. The molecule has 0 heterocycles. The van der Waals surface area contributed by atoms with Gasteiger partial charge in [0.1, 0.15) is 0 Å². The van der Waals surface area contributed by atoms with Crippen LogP contribution in [0.2, 0.25) is 0 Å². The van der Waals surface area contributed by atoms with Crippen molar-refractivity contribution in [2.75, 3.05) is 0 Å². The first-order valence-corrected chi connectivity index (χ1v) is 5.12. The van der Waals surface area contributed by atoms with Crippen molar-refractivity contribution in [2.45, 2.75) is 38.2 Å². The van der Waals surface area contributed by atoms with E-state index in [9.17, 15) is 24.3 Å². The first kappa shape index (κ1) is 16.0. The van der Waals surface area contributed by atoms with E-state index in [0.717, 1.165) is 0 Å². The molecule has 0 aliphatic rings. The Balaban J connectivity index is 4.84. The molecule has 0 aromatic rings. The van der Waals surface area contributed by atoms with E-state index in [1.54, 1.807) is 6.92 Å². The number of carboxylic acids is 2. The molecule has 0 unspecified atom stereocenters. The van der Waals surface area contributed by atoms with Gasteiger partial charge in [0.2, 0.25) is 0 Å². The van der Waals surface area contributed by atoms with Crippen LogP contribution in [-0.4, -0.2) is 44.8 Å². The van der Waals surface area contributed by atoms with Crippen molar-refractivity contribution in [1.82, 2.24) is 0 Å². The normalized spacial score (nSPS) is 10.8. The second kappa shape index (κ2) is 6.70. The Hall–Kier alpha value is -1.96. The zero-order chi connectivity index (χ0) is 14.3. The van der Waals surface area contributed by atoms with Crippen molar-refractivity contribution in [3.8, 4) is 0 Å². The molecule has 0 fully saturated rings. The minimum atomic E-state index is -2.75. The van der Waals surface area contributed by atoms with Gasteiger partial charge in [-0.15, -0.1) is 0 Å². The number of ether oxygens (including phenoxy) is 1. The first-order valence-electron chi connectivity index (χ1n) is 5.12. The molecule has 0 amide bonds. The van der Waals surface area contributed by atoms with Gasteiger partial charge in [0, 0.05) is 6.42 Å². The van der Waals surface area contributed by atoms with Gasteiger partial charge >= 0.3 is 23.9 Å². The van der Waals surface area contributed by atoms with Crippen LogP contribution < -0.4 is 0 Å². The zero-order valence-electron chi connectivity index (χ0n) is 9.71. The molecule has 8 heteroatoms. The third-order valence-electron chi connectivity index (χ3n) is 1.93. The van der Waals surface area contributed by atoms with Crippen molar-refractivity contribution in [1.29, 1.82) is 0 Å². The number of carboxylic acid groups (broad SMARTS) is 2. The van der Waals surface area contributed by atoms with Crippen LogP contribution in [0.15, 0.2) is 0 Å². The van der Waals surface area contributed by atoms with Crippen molar-refractivity contribution >= 4 is 23.9 Å². The summed E-state index contributed by atoms with van der Waals surface area (Å²) in [6, 6.07) is 0. The van der Waals surface area contributed by atoms with E-state index in [4.69, 9.17) is 10.2 Å². The number of aliphatic carboxylic acids is 2. The second-order valence-electron chi connectivity index (χ2n) is 3.68. The number of esters is 2. The molecule has 0 saturated carbocycles. The lowest BCUT2D eigenvalue weighted by atomic mass is 9.96. The highest BCUT2D eigenvalue weighted by molar-refractivity contribution is 5.95. The van der Waals surface area contributed by atoms with Crippen molar-refractivity contribution in [3.63, 3.8) is 0 Å². The fourth-order valence-electron chi connectivity index (χ4n) is 1.16. The smallest absolute Gasteiger partial charge is 0.346 e. The van der Waals surface area contributed by atoms with E-state index >= 15 is 0 Å². The van der Waals surface area contributed by atoms with E-state index < -0.39 is 42.3 Å². The van der Waals surface area contributed by atoms with Crippen LogP contribution in [-0.2, 0) is 23.9 Å². The maximum atomic E-state index is 11.4. The lowest BCUT2D eigenvalue weighted by molar-refractivity contribution is -0.181. The monoisotopic (exact) mass is 262 g/mol.